The van der Waals surface area contributed by atoms with Crippen molar-refractivity contribution in [2.24, 2.45) is 0 Å². The smallest absolute Gasteiger partial charge is 0.313 e. The Kier molecular flexibility index (Phi) is 8.08. The van der Waals surface area contributed by atoms with Crippen molar-refractivity contribution in [3.05, 3.63) is 29.8 Å². The van der Waals surface area contributed by atoms with Gasteiger partial charge in [-0.05, 0) is 44.2 Å². The predicted octanol–water partition coefficient (Wildman–Crippen LogP) is 1.58. The summed E-state index contributed by atoms with van der Waals surface area (Å²) < 4.78 is 0. The van der Waals surface area contributed by atoms with Crippen molar-refractivity contribution in [2.45, 2.75) is 51.0 Å². The van der Waals surface area contributed by atoms with Crippen molar-refractivity contribution in [3.8, 4) is 0 Å². The summed E-state index contributed by atoms with van der Waals surface area (Å²) in [6.45, 7) is 0.490. The normalized spacial score (nSPS) is 14.0. The van der Waals surface area contributed by atoms with Crippen LogP contribution in [0.1, 0.15) is 55.3 Å². The molecular formula is C19H27N3O4. The van der Waals surface area contributed by atoms with E-state index in [0.29, 0.717) is 30.6 Å². The van der Waals surface area contributed by atoms with E-state index in [1.807, 2.05) is 0 Å². The lowest BCUT2D eigenvalue weighted by Crippen LogP contribution is -2.37. The first kappa shape index (κ1) is 19.9. The third-order valence-corrected chi connectivity index (χ3v) is 4.44. The molecule has 26 heavy (non-hydrogen) atoms. The minimum absolute atomic E-state index is 0.119. The van der Waals surface area contributed by atoms with E-state index in [2.05, 4.69) is 16.0 Å². The van der Waals surface area contributed by atoms with Gasteiger partial charge in [-0.25, -0.2) is 0 Å². The Hall–Kier alpha value is -2.41. The topological polar surface area (TPSA) is 108 Å². The summed E-state index contributed by atoms with van der Waals surface area (Å²) in [4.78, 5) is 36.4. The lowest BCUT2D eigenvalue weighted by atomic mass is 10.1. The molecule has 0 aromatic heterocycles. The minimum Gasteiger partial charge on any atom is -0.396 e. The number of nitrogens with one attached hydrogen (secondary N) is 3. The van der Waals surface area contributed by atoms with Crippen LogP contribution in [0.15, 0.2) is 24.3 Å². The Balaban J connectivity index is 1.88. The molecule has 0 atom stereocenters. The van der Waals surface area contributed by atoms with E-state index in [0.717, 1.165) is 32.1 Å². The molecule has 0 bridgehead atoms. The van der Waals surface area contributed by atoms with Crippen LogP contribution in [0.2, 0.25) is 0 Å². The van der Waals surface area contributed by atoms with Gasteiger partial charge in [-0.3, -0.25) is 14.4 Å². The number of anilines is 1. The molecule has 7 nitrogen and oxygen atoms in total. The molecule has 1 aromatic rings. The minimum atomic E-state index is -0.798. The fourth-order valence-corrected chi connectivity index (χ4v) is 3.00. The molecule has 7 heteroatoms. The van der Waals surface area contributed by atoms with E-state index in [1.165, 1.54) is 0 Å². The van der Waals surface area contributed by atoms with Crippen LogP contribution in [0, 0.1) is 0 Å². The predicted molar refractivity (Wildman–Crippen MR) is 98.7 cm³/mol. The Labute approximate surface area is 153 Å². The number of aliphatic hydroxyl groups is 1. The molecule has 142 valence electrons. The average molecular weight is 361 g/mol. The number of para-hydroxylation sites is 1. The molecule has 2 rings (SSSR count). The van der Waals surface area contributed by atoms with E-state index in [1.54, 1.807) is 24.3 Å². The van der Waals surface area contributed by atoms with Gasteiger partial charge in [0, 0.05) is 19.2 Å². The maximum absolute atomic E-state index is 12.5. The van der Waals surface area contributed by atoms with E-state index in [9.17, 15) is 14.4 Å². The first-order valence-corrected chi connectivity index (χ1v) is 9.21. The van der Waals surface area contributed by atoms with Crippen LogP contribution in [0.25, 0.3) is 0 Å². The summed E-state index contributed by atoms with van der Waals surface area (Å²) in [5.74, 6) is -1.77. The molecule has 4 N–H and O–H groups in total. The number of benzene rings is 1. The number of hydrogen-bond donors (Lipinski definition) is 4. The fourth-order valence-electron chi connectivity index (χ4n) is 3.00. The van der Waals surface area contributed by atoms with Crippen molar-refractivity contribution in [2.75, 3.05) is 18.5 Å². The molecule has 1 aliphatic rings. The van der Waals surface area contributed by atoms with Crippen LogP contribution in [0.3, 0.4) is 0 Å². The number of carbonyl (C=O) groups is 3. The molecule has 1 saturated carbocycles. The van der Waals surface area contributed by atoms with Gasteiger partial charge in [0.25, 0.3) is 5.91 Å². The molecule has 1 aromatic carbocycles. The summed E-state index contributed by atoms with van der Waals surface area (Å²) in [5.41, 5.74) is 0.673. The van der Waals surface area contributed by atoms with Gasteiger partial charge in [0.15, 0.2) is 0 Å². The van der Waals surface area contributed by atoms with E-state index in [4.69, 9.17) is 5.11 Å². The second kappa shape index (κ2) is 10.6. The molecule has 1 aliphatic carbocycles. The van der Waals surface area contributed by atoms with Crippen molar-refractivity contribution in [1.82, 2.24) is 10.6 Å². The van der Waals surface area contributed by atoms with Gasteiger partial charge in [-0.1, -0.05) is 25.0 Å². The molecule has 0 unspecified atom stereocenters. The van der Waals surface area contributed by atoms with Gasteiger partial charge in [0.1, 0.15) is 0 Å². The molecular weight excluding hydrogens is 334 g/mol. The summed E-state index contributed by atoms with van der Waals surface area (Å²) >= 11 is 0. The third-order valence-electron chi connectivity index (χ3n) is 4.44. The van der Waals surface area contributed by atoms with Crippen LogP contribution in [-0.4, -0.2) is 42.0 Å². The van der Waals surface area contributed by atoms with Crippen LogP contribution < -0.4 is 16.0 Å². The number of amides is 3. The Morgan fingerprint density at radius 1 is 1.00 bits per heavy atom. The van der Waals surface area contributed by atoms with Crippen molar-refractivity contribution >= 4 is 23.4 Å². The quantitative estimate of drug-likeness (QED) is 0.416. The summed E-state index contributed by atoms with van der Waals surface area (Å²) in [5, 5.41) is 16.7. The number of hydrogen-bond acceptors (Lipinski definition) is 4. The Morgan fingerprint density at radius 2 is 1.73 bits per heavy atom. The molecule has 3 amide bonds. The Bertz CT molecular complexity index is 627. The van der Waals surface area contributed by atoms with Crippen LogP contribution in [-0.2, 0) is 9.59 Å². The first-order valence-electron chi connectivity index (χ1n) is 9.21. The standard InChI is InChI=1S/C19H27N3O4/c23-13-7-1-6-12-20-18(25)19(26)22-16-11-5-4-10-15(16)17(24)21-14-8-2-3-9-14/h4-5,10-11,14,23H,1-3,6-9,12-13H2,(H,20,25)(H,21,24)(H,22,26). The van der Waals surface area contributed by atoms with Crippen LogP contribution >= 0.6 is 0 Å². The van der Waals surface area contributed by atoms with Gasteiger partial charge >= 0.3 is 11.8 Å². The zero-order valence-corrected chi connectivity index (χ0v) is 14.9. The summed E-state index contributed by atoms with van der Waals surface area (Å²) in [6, 6.07) is 6.84. The number of aliphatic hydroxyl groups excluding tert-OH is 1. The second-order valence-electron chi connectivity index (χ2n) is 6.49. The monoisotopic (exact) mass is 361 g/mol. The number of rotatable bonds is 8. The van der Waals surface area contributed by atoms with Gasteiger partial charge in [0.05, 0.1) is 11.3 Å². The number of unbranched alkanes of at least 4 members (excludes halogenated alkanes) is 2. The fraction of sp³-hybridized carbons (Fsp3) is 0.526. The maximum atomic E-state index is 12.5. The van der Waals surface area contributed by atoms with E-state index in [-0.39, 0.29) is 18.6 Å². The van der Waals surface area contributed by atoms with Crippen molar-refractivity contribution < 1.29 is 19.5 Å². The molecule has 0 aliphatic heterocycles. The van der Waals surface area contributed by atoms with Crippen LogP contribution in [0.4, 0.5) is 5.69 Å². The average Bonchev–Trinajstić information content (AvgIpc) is 3.14. The maximum Gasteiger partial charge on any atom is 0.313 e. The van der Waals surface area contributed by atoms with Gasteiger partial charge in [0.2, 0.25) is 0 Å². The highest BCUT2D eigenvalue weighted by Gasteiger charge is 2.21. The highest BCUT2D eigenvalue weighted by molar-refractivity contribution is 6.40. The lowest BCUT2D eigenvalue weighted by Gasteiger charge is -2.15. The third kappa shape index (κ3) is 6.15. The zero-order valence-electron chi connectivity index (χ0n) is 14.9. The molecule has 1 fully saturated rings. The largest absolute Gasteiger partial charge is 0.396 e. The zero-order chi connectivity index (χ0) is 18.8. The van der Waals surface area contributed by atoms with Gasteiger partial charge in [-0.15, -0.1) is 0 Å². The van der Waals surface area contributed by atoms with E-state index >= 15 is 0 Å². The van der Waals surface area contributed by atoms with Crippen molar-refractivity contribution in [3.63, 3.8) is 0 Å². The summed E-state index contributed by atoms with van der Waals surface area (Å²) in [7, 11) is 0. The van der Waals surface area contributed by atoms with E-state index < -0.39 is 11.8 Å². The summed E-state index contributed by atoms with van der Waals surface area (Å²) in [6.07, 6.45) is 6.32. The Morgan fingerprint density at radius 3 is 2.46 bits per heavy atom. The first-order chi connectivity index (χ1) is 12.6. The van der Waals surface area contributed by atoms with Gasteiger partial charge < -0.3 is 21.1 Å². The van der Waals surface area contributed by atoms with Crippen LogP contribution in [0.5, 0.6) is 0 Å². The second-order valence-corrected chi connectivity index (χ2v) is 6.49. The van der Waals surface area contributed by atoms with Gasteiger partial charge in [-0.2, -0.15) is 0 Å². The highest BCUT2D eigenvalue weighted by Crippen LogP contribution is 2.20. The molecule has 0 saturated heterocycles. The number of carbonyl (C=O) groups excluding carboxylic acids is 3. The lowest BCUT2D eigenvalue weighted by molar-refractivity contribution is -0.136. The molecule has 0 spiro atoms. The molecule has 0 heterocycles. The van der Waals surface area contributed by atoms with Crippen molar-refractivity contribution in [1.29, 1.82) is 0 Å². The highest BCUT2D eigenvalue weighted by atomic mass is 16.3. The SMILES string of the molecule is O=C(NCCCCCO)C(=O)Nc1ccccc1C(=O)NC1CCCC1. The molecule has 0 radical (unpaired) electrons.